The lowest BCUT2D eigenvalue weighted by Gasteiger charge is -2.11. The van der Waals surface area contributed by atoms with Crippen LogP contribution in [0.25, 0.3) is 21.7 Å². The number of hydrogen-bond donors (Lipinski definition) is 0. The number of hydrogen-bond acceptors (Lipinski definition) is 3. The molecule has 0 aliphatic rings. The molecule has 0 atom stereocenters. The van der Waals surface area contributed by atoms with Crippen LogP contribution < -0.4 is 9.47 Å². The Labute approximate surface area is 135 Å². The molecule has 0 saturated carbocycles. The Balaban J connectivity index is 0.00000100. The summed E-state index contributed by atoms with van der Waals surface area (Å²) in [7, 11) is 1.38. The van der Waals surface area contributed by atoms with Crippen molar-refractivity contribution in [3.05, 3.63) is 42.2 Å². The maximum absolute atomic E-state index is 13.5. The smallest absolute Gasteiger partial charge is 0.481 e. The summed E-state index contributed by atoms with van der Waals surface area (Å²) in [5, 5.41) is 1.58. The second-order valence-electron chi connectivity index (χ2n) is 4.54. The normalized spacial score (nSPS) is 11.1. The van der Waals surface area contributed by atoms with Gasteiger partial charge in [0.1, 0.15) is 11.6 Å². The molecule has 0 radical (unpaired) electrons. The molecule has 3 nitrogen and oxygen atoms in total. The van der Waals surface area contributed by atoms with Crippen LogP contribution in [0.3, 0.4) is 0 Å². The first-order chi connectivity index (χ1) is 11.4. The van der Waals surface area contributed by atoms with E-state index in [1.807, 2.05) is 13.8 Å². The summed E-state index contributed by atoms with van der Waals surface area (Å²) in [5.41, 5.74) is 0.219. The first-order valence-electron chi connectivity index (χ1n) is 7.20. The summed E-state index contributed by atoms with van der Waals surface area (Å²) in [6, 6.07) is 7.76. The predicted molar refractivity (Wildman–Crippen MR) is 83.8 cm³/mol. The Morgan fingerprint density at radius 2 is 1.58 bits per heavy atom. The number of ether oxygens (including phenoxy) is 2. The SMILES string of the molecule is CC.COc1nc2cc(OC(F)(F)F)ccc2c2cc(F)ccc12. The van der Waals surface area contributed by atoms with Gasteiger partial charge in [0, 0.05) is 16.8 Å². The van der Waals surface area contributed by atoms with Crippen molar-refractivity contribution in [3.63, 3.8) is 0 Å². The Bertz CT molecular complexity index is 862. The zero-order chi connectivity index (χ0) is 17.9. The van der Waals surface area contributed by atoms with E-state index in [-0.39, 0.29) is 11.4 Å². The maximum Gasteiger partial charge on any atom is 0.573 e. The van der Waals surface area contributed by atoms with Gasteiger partial charge in [0.05, 0.1) is 12.6 Å². The van der Waals surface area contributed by atoms with Crippen LogP contribution in [-0.2, 0) is 0 Å². The van der Waals surface area contributed by atoms with Gasteiger partial charge >= 0.3 is 6.36 Å². The lowest BCUT2D eigenvalue weighted by molar-refractivity contribution is -0.274. The van der Waals surface area contributed by atoms with E-state index in [1.165, 1.54) is 31.4 Å². The molecule has 0 aliphatic carbocycles. The fourth-order valence-corrected chi connectivity index (χ4v) is 2.28. The van der Waals surface area contributed by atoms with Gasteiger partial charge in [-0.3, -0.25) is 0 Å². The Hall–Kier alpha value is -2.57. The first-order valence-corrected chi connectivity index (χ1v) is 7.20. The number of fused-ring (bicyclic) bond motifs is 3. The third-order valence-electron chi connectivity index (χ3n) is 3.12. The molecule has 24 heavy (non-hydrogen) atoms. The Morgan fingerprint density at radius 3 is 2.21 bits per heavy atom. The number of aromatic nitrogens is 1. The van der Waals surface area contributed by atoms with E-state index >= 15 is 0 Å². The highest BCUT2D eigenvalue weighted by atomic mass is 19.4. The number of rotatable bonds is 2. The molecule has 1 aromatic heterocycles. The molecule has 0 aliphatic heterocycles. The van der Waals surface area contributed by atoms with Crippen molar-refractivity contribution in [2.75, 3.05) is 7.11 Å². The molecule has 0 amide bonds. The zero-order valence-corrected chi connectivity index (χ0v) is 13.2. The number of nitrogens with zero attached hydrogens (tertiary/aromatic N) is 1. The standard InChI is InChI=1S/C15H9F4NO2.C2H6/c1-21-14-11-4-2-8(16)6-12(11)10-5-3-9(7-13(10)20-14)22-15(17,18)19;1-2/h2-7H,1H3;1-2H3. The summed E-state index contributed by atoms with van der Waals surface area (Å²) in [4.78, 5) is 4.15. The highest BCUT2D eigenvalue weighted by molar-refractivity contribution is 6.08. The van der Waals surface area contributed by atoms with Gasteiger partial charge < -0.3 is 9.47 Å². The van der Waals surface area contributed by atoms with E-state index in [0.717, 1.165) is 12.1 Å². The Morgan fingerprint density at radius 1 is 0.917 bits per heavy atom. The predicted octanol–water partition coefficient (Wildman–Crippen LogP) is 5.46. The molecule has 3 rings (SSSR count). The number of halogens is 4. The summed E-state index contributed by atoms with van der Waals surface area (Å²) >= 11 is 0. The Kier molecular flexibility index (Phi) is 5.11. The largest absolute Gasteiger partial charge is 0.573 e. The van der Waals surface area contributed by atoms with Crippen molar-refractivity contribution in [3.8, 4) is 11.6 Å². The number of alkyl halides is 3. The molecule has 2 aromatic carbocycles. The molecule has 0 fully saturated rings. The van der Waals surface area contributed by atoms with Gasteiger partial charge in [-0.25, -0.2) is 9.37 Å². The summed E-state index contributed by atoms with van der Waals surface area (Å²) < 4.78 is 59.3. The fraction of sp³-hybridized carbons (Fsp3) is 0.235. The monoisotopic (exact) mass is 341 g/mol. The van der Waals surface area contributed by atoms with Crippen LogP contribution in [0, 0.1) is 5.82 Å². The van der Waals surface area contributed by atoms with E-state index in [9.17, 15) is 17.6 Å². The van der Waals surface area contributed by atoms with E-state index in [2.05, 4.69) is 9.72 Å². The minimum Gasteiger partial charge on any atom is -0.481 e. The van der Waals surface area contributed by atoms with Crippen molar-refractivity contribution in [1.82, 2.24) is 4.98 Å². The van der Waals surface area contributed by atoms with Gasteiger partial charge in [0.2, 0.25) is 5.88 Å². The topological polar surface area (TPSA) is 31.4 Å². The average molecular weight is 341 g/mol. The van der Waals surface area contributed by atoms with Gasteiger partial charge in [-0.05, 0) is 35.7 Å². The van der Waals surface area contributed by atoms with Gasteiger partial charge in [-0.2, -0.15) is 0 Å². The minimum absolute atomic E-state index is 0.201. The van der Waals surface area contributed by atoms with E-state index < -0.39 is 17.9 Å². The van der Waals surface area contributed by atoms with E-state index in [4.69, 9.17) is 4.74 Å². The third-order valence-corrected chi connectivity index (χ3v) is 3.12. The molecule has 0 unspecified atom stereocenters. The number of methoxy groups -OCH3 is 1. The first kappa shape index (κ1) is 17.8. The second kappa shape index (κ2) is 6.90. The van der Waals surface area contributed by atoms with Gasteiger partial charge in [-0.15, -0.1) is 13.2 Å². The molecule has 0 bridgehead atoms. The lowest BCUT2D eigenvalue weighted by Crippen LogP contribution is -2.17. The van der Waals surface area contributed by atoms with Crippen LogP contribution in [0.1, 0.15) is 13.8 Å². The summed E-state index contributed by atoms with van der Waals surface area (Å²) in [5.74, 6) is -0.658. The minimum atomic E-state index is -4.79. The molecular weight excluding hydrogens is 326 g/mol. The molecule has 7 heteroatoms. The van der Waals surface area contributed by atoms with Crippen LogP contribution in [0.5, 0.6) is 11.6 Å². The second-order valence-corrected chi connectivity index (χ2v) is 4.54. The van der Waals surface area contributed by atoms with Crippen molar-refractivity contribution >= 4 is 21.7 Å². The van der Waals surface area contributed by atoms with Gasteiger partial charge in [-0.1, -0.05) is 13.8 Å². The average Bonchev–Trinajstić information content (AvgIpc) is 2.54. The van der Waals surface area contributed by atoms with Crippen molar-refractivity contribution in [1.29, 1.82) is 0 Å². The fourth-order valence-electron chi connectivity index (χ4n) is 2.28. The molecule has 0 saturated heterocycles. The number of pyridine rings is 1. The van der Waals surface area contributed by atoms with E-state index in [0.29, 0.717) is 16.2 Å². The molecule has 0 N–H and O–H groups in total. The van der Waals surface area contributed by atoms with Crippen molar-refractivity contribution in [2.24, 2.45) is 0 Å². The van der Waals surface area contributed by atoms with Gasteiger partial charge in [0.25, 0.3) is 0 Å². The van der Waals surface area contributed by atoms with Crippen LogP contribution in [0.2, 0.25) is 0 Å². The highest BCUT2D eigenvalue weighted by Gasteiger charge is 2.31. The third kappa shape index (κ3) is 3.67. The zero-order valence-electron chi connectivity index (χ0n) is 13.2. The van der Waals surface area contributed by atoms with Crippen LogP contribution in [-0.4, -0.2) is 18.5 Å². The van der Waals surface area contributed by atoms with Crippen LogP contribution in [0.4, 0.5) is 17.6 Å². The van der Waals surface area contributed by atoms with E-state index in [1.54, 1.807) is 0 Å². The molecule has 0 spiro atoms. The molecular formula is C17H15F4NO2. The quantitative estimate of drug-likeness (QED) is 0.458. The summed E-state index contributed by atoms with van der Waals surface area (Å²) in [6.45, 7) is 4.00. The molecule has 1 heterocycles. The van der Waals surface area contributed by atoms with Crippen LogP contribution >= 0.6 is 0 Å². The van der Waals surface area contributed by atoms with Gasteiger partial charge in [0.15, 0.2) is 0 Å². The maximum atomic E-state index is 13.5. The molecule has 128 valence electrons. The van der Waals surface area contributed by atoms with Crippen LogP contribution in [0.15, 0.2) is 36.4 Å². The van der Waals surface area contributed by atoms with Crippen molar-refractivity contribution < 1.29 is 27.0 Å². The molecule has 3 aromatic rings. The highest BCUT2D eigenvalue weighted by Crippen LogP contribution is 2.34. The number of benzene rings is 2. The lowest BCUT2D eigenvalue weighted by atomic mass is 10.1. The van der Waals surface area contributed by atoms with Crippen molar-refractivity contribution in [2.45, 2.75) is 20.2 Å². The summed E-state index contributed by atoms with van der Waals surface area (Å²) in [6.07, 6.45) is -4.79.